The van der Waals surface area contributed by atoms with Crippen LogP contribution in [0.3, 0.4) is 0 Å². The van der Waals surface area contributed by atoms with Crippen LogP contribution in [0.2, 0.25) is 0 Å². The number of nitrogens with zero attached hydrogens (tertiary/aromatic N) is 1. The van der Waals surface area contributed by atoms with E-state index in [1.807, 2.05) is 0 Å². The molecule has 3 heterocycles. The number of aliphatic hydroxyl groups is 1. The summed E-state index contributed by atoms with van der Waals surface area (Å²) in [4.78, 5) is 27.4. The van der Waals surface area contributed by atoms with Gasteiger partial charge in [0.25, 0.3) is 5.91 Å². The van der Waals surface area contributed by atoms with Crippen LogP contribution in [-0.2, 0) is 11.3 Å². The zero-order chi connectivity index (χ0) is 21.4. The molecule has 8 nitrogen and oxygen atoms in total. The van der Waals surface area contributed by atoms with Gasteiger partial charge in [-0.2, -0.15) is 0 Å². The maximum Gasteiger partial charge on any atom is 0.290 e. The van der Waals surface area contributed by atoms with Crippen LogP contribution in [0.25, 0.3) is 0 Å². The quantitative estimate of drug-likeness (QED) is 0.597. The van der Waals surface area contributed by atoms with Crippen molar-refractivity contribution in [2.45, 2.75) is 19.5 Å². The lowest BCUT2D eigenvalue weighted by molar-refractivity contribution is -0.130. The Kier molecular flexibility index (Phi) is 4.83. The Morgan fingerprint density at radius 3 is 2.63 bits per heavy atom. The van der Waals surface area contributed by atoms with Gasteiger partial charge in [-0.3, -0.25) is 9.59 Å². The third-order valence-corrected chi connectivity index (χ3v) is 4.94. The van der Waals surface area contributed by atoms with Gasteiger partial charge in [0.1, 0.15) is 11.5 Å². The van der Waals surface area contributed by atoms with E-state index in [0.717, 1.165) is 0 Å². The molecule has 0 radical (unpaired) electrons. The van der Waals surface area contributed by atoms with Crippen molar-refractivity contribution in [2.24, 2.45) is 0 Å². The molecule has 1 aliphatic heterocycles. The number of amides is 1. The number of phenolic OH excluding ortho intramolecular Hbond substituents is 1. The number of methoxy groups -OCH3 is 1. The van der Waals surface area contributed by atoms with Crippen LogP contribution in [0.1, 0.15) is 33.7 Å². The highest BCUT2D eigenvalue weighted by Crippen LogP contribution is 2.42. The summed E-state index contributed by atoms with van der Waals surface area (Å²) in [5, 5.41) is 20.6. The summed E-state index contributed by atoms with van der Waals surface area (Å²) in [6.07, 6.45) is 1.47. The Morgan fingerprint density at radius 1 is 1.20 bits per heavy atom. The Hall–Kier alpha value is -3.94. The first kappa shape index (κ1) is 19.4. The number of benzene rings is 1. The lowest BCUT2D eigenvalue weighted by atomic mass is 9.94. The molecular weight excluding hydrogens is 390 g/mol. The fourth-order valence-electron chi connectivity index (χ4n) is 3.52. The number of aromatic hydroxyl groups is 1. The number of carbonyl (C=O) groups is 2. The zero-order valence-corrected chi connectivity index (χ0v) is 16.3. The number of ketones is 1. The standard InChI is InChI=1S/C22H19NO7/c1-12-5-8-16(30-12)20(25)18-19(13-6-7-15(24)17(10-13)28-2)23(22(27)21(18)26)11-14-4-3-9-29-14/h3-10,19,24,26H,11H2,1-2H3. The van der Waals surface area contributed by atoms with Crippen LogP contribution in [0.5, 0.6) is 11.5 Å². The number of hydrogen-bond donors (Lipinski definition) is 2. The van der Waals surface area contributed by atoms with Crippen LogP contribution in [0.4, 0.5) is 0 Å². The van der Waals surface area contributed by atoms with Gasteiger partial charge in [0, 0.05) is 0 Å². The summed E-state index contributed by atoms with van der Waals surface area (Å²) >= 11 is 0. The van der Waals surface area contributed by atoms with Crippen molar-refractivity contribution in [3.63, 3.8) is 0 Å². The molecule has 2 N–H and O–H groups in total. The molecule has 1 aromatic carbocycles. The van der Waals surface area contributed by atoms with Crippen molar-refractivity contribution in [2.75, 3.05) is 7.11 Å². The number of Topliss-reactive ketones (excluding diaryl/α,β-unsaturated/α-hetero) is 1. The molecule has 2 aromatic heterocycles. The van der Waals surface area contributed by atoms with Crippen LogP contribution in [-0.4, -0.2) is 33.9 Å². The molecule has 4 rings (SSSR count). The Labute approximate surface area is 171 Å². The minimum Gasteiger partial charge on any atom is -0.504 e. The van der Waals surface area contributed by atoms with E-state index in [4.69, 9.17) is 13.6 Å². The van der Waals surface area contributed by atoms with Crippen molar-refractivity contribution in [3.8, 4) is 11.5 Å². The van der Waals surface area contributed by atoms with Gasteiger partial charge in [0.15, 0.2) is 23.0 Å². The second-order valence-corrected chi connectivity index (χ2v) is 6.85. The molecule has 1 aliphatic rings. The maximum absolute atomic E-state index is 13.2. The normalized spacial score (nSPS) is 16.4. The predicted molar refractivity (Wildman–Crippen MR) is 104 cm³/mol. The molecule has 154 valence electrons. The Bertz CT molecular complexity index is 1140. The number of aliphatic hydroxyl groups excluding tert-OH is 1. The smallest absolute Gasteiger partial charge is 0.290 e. The van der Waals surface area contributed by atoms with E-state index in [9.17, 15) is 19.8 Å². The van der Waals surface area contributed by atoms with E-state index in [2.05, 4.69) is 0 Å². The van der Waals surface area contributed by atoms with Crippen molar-refractivity contribution < 1.29 is 33.4 Å². The molecule has 1 amide bonds. The number of rotatable bonds is 6. The zero-order valence-electron chi connectivity index (χ0n) is 16.3. The fourth-order valence-corrected chi connectivity index (χ4v) is 3.52. The average molecular weight is 409 g/mol. The van der Waals surface area contributed by atoms with Gasteiger partial charge in [0.2, 0.25) is 5.78 Å². The first-order valence-electron chi connectivity index (χ1n) is 9.15. The van der Waals surface area contributed by atoms with E-state index in [-0.39, 0.29) is 29.4 Å². The van der Waals surface area contributed by atoms with Gasteiger partial charge in [-0.15, -0.1) is 0 Å². The van der Waals surface area contributed by atoms with Gasteiger partial charge < -0.3 is 28.7 Å². The molecule has 0 spiro atoms. The molecule has 0 saturated carbocycles. The monoisotopic (exact) mass is 409 g/mol. The highest BCUT2D eigenvalue weighted by Gasteiger charge is 2.45. The topological polar surface area (TPSA) is 113 Å². The largest absolute Gasteiger partial charge is 0.504 e. The third-order valence-electron chi connectivity index (χ3n) is 4.94. The number of aryl methyl sites for hydroxylation is 1. The molecule has 0 saturated heterocycles. The summed E-state index contributed by atoms with van der Waals surface area (Å²) < 4.78 is 15.9. The van der Waals surface area contributed by atoms with Crippen molar-refractivity contribution >= 4 is 11.7 Å². The summed E-state index contributed by atoms with van der Waals surface area (Å²) in [6, 6.07) is 10.0. The van der Waals surface area contributed by atoms with Gasteiger partial charge in [0.05, 0.1) is 31.5 Å². The first-order chi connectivity index (χ1) is 14.4. The van der Waals surface area contributed by atoms with E-state index in [1.54, 1.807) is 31.2 Å². The van der Waals surface area contributed by atoms with Crippen LogP contribution in [0, 0.1) is 6.92 Å². The fraction of sp³-hybridized carbons (Fsp3) is 0.182. The SMILES string of the molecule is COc1cc(C2C(C(=O)c3ccc(C)o3)=C(O)C(=O)N2Cc2ccco2)ccc1O. The summed E-state index contributed by atoms with van der Waals surface area (Å²) in [7, 11) is 1.39. The lowest BCUT2D eigenvalue weighted by Crippen LogP contribution is -2.30. The second kappa shape index (κ2) is 7.47. The third kappa shape index (κ3) is 3.22. The van der Waals surface area contributed by atoms with E-state index in [0.29, 0.717) is 17.1 Å². The highest BCUT2D eigenvalue weighted by atomic mass is 16.5. The van der Waals surface area contributed by atoms with Crippen molar-refractivity contribution in [1.82, 2.24) is 4.90 Å². The molecule has 30 heavy (non-hydrogen) atoms. The Morgan fingerprint density at radius 2 is 2.00 bits per heavy atom. The summed E-state index contributed by atoms with van der Waals surface area (Å²) in [5.74, 6) is -0.874. The van der Waals surface area contributed by atoms with Gasteiger partial charge in [-0.1, -0.05) is 6.07 Å². The molecule has 3 aromatic rings. The maximum atomic E-state index is 13.2. The lowest BCUT2D eigenvalue weighted by Gasteiger charge is -2.26. The minimum atomic E-state index is -0.935. The van der Waals surface area contributed by atoms with E-state index < -0.39 is 23.5 Å². The average Bonchev–Trinajstić information content (AvgIpc) is 3.45. The number of ether oxygens (including phenoxy) is 1. The molecule has 0 aliphatic carbocycles. The number of hydrogen-bond acceptors (Lipinski definition) is 7. The molecular formula is C22H19NO7. The molecule has 1 atom stereocenters. The van der Waals surface area contributed by atoms with Crippen molar-refractivity contribution in [3.05, 3.63) is 82.9 Å². The van der Waals surface area contributed by atoms with Crippen LogP contribution < -0.4 is 4.74 Å². The molecule has 1 unspecified atom stereocenters. The van der Waals surface area contributed by atoms with Gasteiger partial charge >= 0.3 is 0 Å². The van der Waals surface area contributed by atoms with Gasteiger partial charge in [-0.05, 0) is 48.9 Å². The van der Waals surface area contributed by atoms with Crippen LogP contribution >= 0.6 is 0 Å². The number of furan rings is 2. The molecule has 8 heteroatoms. The van der Waals surface area contributed by atoms with Crippen molar-refractivity contribution in [1.29, 1.82) is 0 Å². The predicted octanol–water partition coefficient (Wildman–Crippen LogP) is 3.67. The number of phenols is 1. The summed E-state index contributed by atoms with van der Waals surface area (Å²) in [6.45, 7) is 1.72. The van der Waals surface area contributed by atoms with Crippen LogP contribution in [0.15, 0.2) is 68.9 Å². The van der Waals surface area contributed by atoms with E-state index >= 15 is 0 Å². The molecule has 0 fully saturated rings. The van der Waals surface area contributed by atoms with Gasteiger partial charge in [-0.25, -0.2) is 0 Å². The number of carbonyl (C=O) groups excluding carboxylic acids is 2. The van der Waals surface area contributed by atoms with E-state index in [1.165, 1.54) is 36.5 Å². The summed E-state index contributed by atoms with van der Waals surface area (Å²) in [5.41, 5.74) is 0.355. The first-order valence-corrected chi connectivity index (χ1v) is 9.15. The highest BCUT2D eigenvalue weighted by molar-refractivity contribution is 6.15. The minimum absolute atomic E-state index is 0.0115. The second-order valence-electron chi connectivity index (χ2n) is 6.85. The molecule has 0 bridgehead atoms. The Balaban J connectivity index is 1.83.